The fraction of sp³-hybridized carbons (Fsp3) is 0.355. The van der Waals surface area contributed by atoms with E-state index in [0.717, 1.165) is 35.3 Å². The molecule has 1 aliphatic rings. The number of benzene rings is 1. The predicted octanol–water partition coefficient (Wildman–Crippen LogP) is 6.25. The van der Waals surface area contributed by atoms with E-state index in [-0.39, 0.29) is 5.82 Å². The number of hydrogen-bond donors (Lipinski definition) is 2. The maximum Gasteiger partial charge on any atom is 0.234 e. The van der Waals surface area contributed by atoms with Crippen molar-refractivity contribution in [1.29, 1.82) is 0 Å². The van der Waals surface area contributed by atoms with Crippen molar-refractivity contribution in [2.75, 3.05) is 26.6 Å². The van der Waals surface area contributed by atoms with Crippen molar-refractivity contribution in [2.24, 2.45) is 5.92 Å². The van der Waals surface area contributed by atoms with Gasteiger partial charge in [0, 0.05) is 34.4 Å². The van der Waals surface area contributed by atoms with Gasteiger partial charge in [-0.3, -0.25) is 15.0 Å². The van der Waals surface area contributed by atoms with Crippen molar-refractivity contribution < 1.29 is 19.1 Å². The number of hydrogen-bond acceptors (Lipinski definition) is 8. The van der Waals surface area contributed by atoms with Crippen LogP contribution < -0.4 is 10.2 Å². The lowest BCUT2D eigenvalue weighted by Gasteiger charge is -2.21. The number of carbonyl (C=O) groups is 1. The van der Waals surface area contributed by atoms with Gasteiger partial charge in [0.1, 0.15) is 11.9 Å². The molecule has 1 aliphatic carbocycles. The first-order valence-electron chi connectivity index (χ1n) is 13.7. The van der Waals surface area contributed by atoms with Gasteiger partial charge < -0.3 is 9.64 Å². The third-order valence-corrected chi connectivity index (χ3v) is 7.27. The highest BCUT2D eigenvalue weighted by molar-refractivity contribution is 9.10. The first kappa shape index (κ1) is 31.3. The van der Waals surface area contributed by atoms with Crippen LogP contribution >= 0.6 is 15.9 Å². The summed E-state index contributed by atoms with van der Waals surface area (Å²) in [6, 6.07) is 9.95. The fourth-order valence-electron chi connectivity index (χ4n) is 4.63. The highest BCUT2D eigenvalue weighted by Gasteiger charge is 2.26. The van der Waals surface area contributed by atoms with Gasteiger partial charge in [-0.2, -0.15) is 5.10 Å². The Morgan fingerprint density at radius 3 is 2.64 bits per heavy atom. The number of rotatable bonds is 10. The van der Waals surface area contributed by atoms with Crippen LogP contribution in [-0.2, 0) is 17.6 Å². The molecule has 3 heterocycles. The van der Waals surface area contributed by atoms with Crippen molar-refractivity contribution in [3.8, 4) is 17.0 Å². The van der Waals surface area contributed by atoms with Gasteiger partial charge in [0.25, 0.3) is 0 Å². The van der Waals surface area contributed by atoms with E-state index in [9.17, 15) is 14.4 Å². The maximum atomic E-state index is 14.5. The van der Waals surface area contributed by atoms with E-state index in [1.807, 2.05) is 50.6 Å². The van der Waals surface area contributed by atoms with Crippen LogP contribution in [0.25, 0.3) is 11.3 Å². The van der Waals surface area contributed by atoms with E-state index in [4.69, 9.17) is 4.74 Å². The summed E-state index contributed by atoms with van der Waals surface area (Å²) in [5, 5.41) is 14.0. The largest absolute Gasteiger partial charge is 0.482 e. The average molecular weight is 640 g/mol. The Labute approximate surface area is 253 Å². The lowest BCUT2D eigenvalue weighted by atomic mass is 9.94. The van der Waals surface area contributed by atoms with Gasteiger partial charge in [0.05, 0.1) is 17.1 Å². The summed E-state index contributed by atoms with van der Waals surface area (Å²) in [4.78, 5) is 22.6. The van der Waals surface area contributed by atoms with E-state index in [1.165, 1.54) is 35.9 Å². The topological polar surface area (TPSA) is 105 Å². The second kappa shape index (κ2) is 14.0. The van der Waals surface area contributed by atoms with Gasteiger partial charge in [0.2, 0.25) is 6.41 Å². The van der Waals surface area contributed by atoms with Gasteiger partial charge in [-0.25, -0.2) is 19.5 Å². The lowest BCUT2D eigenvalue weighted by Crippen LogP contribution is -2.10. The van der Waals surface area contributed by atoms with E-state index in [2.05, 4.69) is 31.0 Å². The van der Waals surface area contributed by atoms with Crippen LogP contribution in [-0.4, -0.2) is 57.4 Å². The summed E-state index contributed by atoms with van der Waals surface area (Å²) in [7, 11) is 6.00. The molecule has 3 aromatic heterocycles. The number of nitrogens with one attached hydrogen (secondary N) is 1. The smallest absolute Gasteiger partial charge is 0.234 e. The summed E-state index contributed by atoms with van der Waals surface area (Å²) in [6.45, 7) is 3.80. The second-order valence-corrected chi connectivity index (χ2v) is 11.8. The lowest BCUT2D eigenvalue weighted by molar-refractivity contribution is 0.225. The van der Waals surface area contributed by atoms with Crippen LogP contribution in [0.3, 0.4) is 0 Å². The van der Waals surface area contributed by atoms with Gasteiger partial charge in [-0.05, 0) is 118 Å². The fourth-order valence-corrected chi connectivity index (χ4v) is 4.94. The zero-order valence-electron chi connectivity index (χ0n) is 24.4. The van der Waals surface area contributed by atoms with E-state index >= 15 is 0 Å². The number of ether oxygens (including phenoxy) is 1. The molecule has 0 bridgehead atoms. The van der Waals surface area contributed by atoms with Crippen molar-refractivity contribution >= 4 is 28.2 Å². The Hall–Kier alpha value is -3.67. The number of carbonyl (C=O) groups excluding carboxylic acids is 1. The third-order valence-electron chi connectivity index (χ3n) is 6.83. The molecule has 42 heavy (non-hydrogen) atoms. The van der Waals surface area contributed by atoms with Crippen LogP contribution in [0.1, 0.15) is 53.9 Å². The number of aromatic nitrogens is 4. The van der Waals surface area contributed by atoms with Gasteiger partial charge in [-0.1, -0.05) is 6.07 Å². The van der Waals surface area contributed by atoms with Crippen LogP contribution in [0.5, 0.6) is 5.75 Å². The molecule has 0 amide bonds. The summed E-state index contributed by atoms with van der Waals surface area (Å²) >= 11 is 3.36. The standard InChI is InChI=1S/C28H27BrFN5O3.C3H9N/c1-16-24(10-18-5-6-18)33-35(15-36)25(16)11-19-4-3-9-31-27(19)22-8-7-21(30)13-23(22)17(2)38-26-12-20(29)14-32-28(26)34-37;1-4(2)3/h3-4,7-9,12-15,17-18,37H,5-6,10-11H2,1-2H3,(H,32,34);1-3H3/t17-;/m1./s1. The molecule has 4 aromatic rings. The molecule has 11 heteroatoms. The summed E-state index contributed by atoms with van der Waals surface area (Å²) in [5.41, 5.74) is 7.62. The highest BCUT2D eigenvalue weighted by Crippen LogP contribution is 2.37. The van der Waals surface area contributed by atoms with Crippen molar-refractivity contribution in [2.45, 2.75) is 45.6 Å². The average Bonchev–Trinajstić information content (AvgIpc) is 3.73. The van der Waals surface area contributed by atoms with Crippen molar-refractivity contribution in [3.63, 3.8) is 0 Å². The molecule has 0 spiro atoms. The molecule has 2 N–H and O–H groups in total. The van der Waals surface area contributed by atoms with Gasteiger partial charge in [-0.15, -0.1) is 0 Å². The number of pyridine rings is 2. The molecular weight excluding hydrogens is 603 g/mol. The first-order chi connectivity index (χ1) is 20.1. The van der Waals surface area contributed by atoms with Gasteiger partial charge >= 0.3 is 0 Å². The zero-order valence-corrected chi connectivity index (χ0v) is 26.0. The maximum absolute atomic E-state index is 14.5. The van der Waals surface area contributed by atoms with Crippen molar-refractivity contribution in [3.05, 3.63) is 87.2 Å². The molecule has 0 unspecified atom stereocenters. The molecule has 0 saturated heterocycles. The minimum atomic E-state index is -0.619. The molecule has 5 rings (SSSR count). The molecule has 1 atom stereocenters. The number of nitrogens with zero attached hydrogens (tertiary/aromatic N) is 5. The number of halogens is 2. The molecule has 9 nitrogen and oxygen atoms in total. The van der Waals surface area contributed by atoms with E-state index in [0.29, 0.717) is 39.4 Å². The monoisotopic (exact) mass is 638 g/mol. The highest BCUT2D eigenvalue weighted by atomic mass is 79.9. The Balaban J connectivity index is 0.000000952. The normalized spacial score (nSPS) is 13.4. The number of anilines is 1. The summed E-state index contributed by atoms with van der Waals surface area (Å²) in [6.07, 6.45) is 7.05. The van der Waals surface area contributed by atoms with Crippen LogP contribution in [0, 0.1) is 18.7 Å². The minimum Gasteiger partial charge on any atom is -0.482 e. The Kier molecular flexibility index (Phi) is 10.4. The van der Waals surface area contributed by atoms with E-state index in [1.54, 1.807) is 25.3 Å². The van der Waals surface area contributed by atoms with Crippen molar-refractivity contribution in [1.82, 2.24) is 24.6 Å². The predicted molar refractivity (Wildman–Crippen MR) is 164 cm³/mol. The molecule has 0 aliphatic heterocycles. The Bertz CT molecular complexity index is 1540. The quantitative estimate of drug-likeness (QED) is 0.155. The summed E-state index contributed by atoms with van der Waals surface area (Å²) < 4.78 is 22.7. The molecule has 1 saturated carbocycles. The Morgan fingerprint density at radius 1 is 1.24 bits per heavy atom. The summed E-state index contributed by atoms with van der Waals surface area (Å²) in [5.74, 6) is 0.663. The Morgan fingerprint density at radius 2 is 1.98 bits per heavy atom. The van der Waals surface area contributed by atoms with E-state index < -0.39 is 11.9 Å². The van der Waals surface area contributed by atoms with Crippen LogP contribution in [0.4, 0.5) is 10.2 Å². The molecule has 222 valence electrons. The SMILES string of the molecule is CN(C)C.Cc1c(CC2CC2)nn(C=O)c1Cc1cccnc1-c1ccc(F)cc1[C@@H](C)Oc1cc(Br)cnc1NO. The molecule has 1 aromatic carbocycles. The zero-order chi connectivity index (χ0) is 30.4. The third kappa shape index (κ3) is 7.78. The minimum absolute atomic E-state index is 0.135. The molecule has 0 radical (unpaired) electrons. The molecular formula is C31H36BrFN6O3. The van der Waals surface area contributed by atoms with Gasteiger partial charge in [0.15, 0.2) is 11.6 Å². The van der Waals surface area contributed by atoms with Crippen LogP contribution in [0.15, 0.2) is 53.3 Å². The first-order valence-corrected chi connectivity index (χ1v) is 14.5. The molecule has 1 fully saturated rings. The second-order valence-electron chi connectivity index (χ2n) is 10.8. The van der Waals surface area contributed by atoms with Crippen LogP contribution in [0.2, 0.25) is 0 Å².